The molecule has 45 heavy (non-hydrogen) atoms. The molecule has 212 valence electrons. The van der Waals surface area contributed by atoms with Gasteiger partial charge in [-0.1, -0.05) is 115 Å². The molecule has 8 aromatic rings. The molecule has 0 fully saturated rings. The second kappa shape index (κ2) is 9.87. The molecule has 3 heteroatoms. The maximum absolute atomic E-state index is 6.12. The second-order valence-corrected chi connectivity index (χ2v) is 11.9. The number of benzene rings is 6. The molecule has 0 saturated carbocycles. The second-order valence-electron chi connectivity index (χ2n) is 11.9. The molecule has 1 aliphatic carbocycles. The van der Waals surface area contributed by atoms with Crippen molar-refractivity contribution in [2.75, 3.05) is 0 Å². The van der Waals surface area contributed by atoms with Gasteiger partial charge in [-0.25, -0.2) is 9.97 Å². The van der Waals surface area contributed by atoms with Crippen molar-refractivity contribution < 1.29 is 4.42 Å². The van der Waals surface area contributed by atoms with E-state index in [4.69, 9.17) is 14.4 Å². The van der Waals surface area contributed by atoms with E-state index < -0.39 is 0 Å². The molecule has 1 aliphatic rings. The van der Waals surface area contributed by atoms with Gasteiger partial charge < -0.3 is 4.42 Å². The average molecular weight is 577 g/mol. The van der Waals surface area contributed by atoms with Crippen LogP contribution in [0, 0.1) is 0 Å². The highest BCUT2D eigenvalue weighted by Crippen LogP contribution is 2.52. The maximum Gasteiger partial charge on any atom is 0.160 e. The summed E-state index contributed by atoms with van der Waals surface area (Å²) in [7, 11) is 0. The number of hydrogen-bond acceptors (Lipinski definition) is 3. The average Bonchev–Trinajstić information content (AvgIpc) is 3.62. The van der Waals surface area contributed by atoms with Crippen LogP contribution in [0.25, 0.3) is 67.0 Å². The summed E-state index contributed by atoms with van der Waals surface area (Å²) in [5.41, 5.74) is 12.8. The lowest BCUT2D eigenvalue weighted by atomic mass is 9.74. The zero-order valence-corrected chi connectivity index (χ0v) is 24.7. The van der Waals surface area contributed by atoms with Gasteiger partial charge in [0.1, 0.15) is 11.2 Å². The minimum atomic E-state index is -0.283. The van der Waals surface area contributed by atoms with Crippen LogP contribution >= 0.6 is 0 Å². The van der Waals surface area contributed by atoms with Crippen LogP contribution in [0.4, 0.5) is 0 Å². The van der Waals surface area contributed by atoms with Crippen LogP contribution in [-0.2, 0) is 5.41 Å². The summed E-state index contributed by atoms with van der Waals surface area (Å²) in [4.78, 5) is 10.3. The van der Waals surface area contributed by atoms with Crippen LogP contribution in [0.5, 0.6) is 0 Å². The van der Waals surface area contributed by atoms with Crippen molar-refractivity contribution in [2.45, 2.75) is 12.3 Å². The number of furan rings is 1. The fourth-order valence-corrected chi connectivity index (χ4v) is 7.10. The number of nitrogens with zero attached hydrogens (tertiary/aromatic N) is 2. The third-order valence-electron chi connectivity index (χ3n) is 9.39. The topological polar surface area (TPSA) is 38.9 Å². The number of aromatic nitrogens is 2. The zero-order chi connectivity index (χ0) is 30.0. The van der Waals surface area contributed by atoms with Crippen molar-refractivity contribution in [3.05, 3.63) is 168 Å². The lowest BCUT2D eigenvalue weighted by Gasteiger charge is -2.28. The van der Waals surface area contributed by atoms with Crippen LogP contribution in [0.3, 0.4) is 0 Å². The van der Waals surface area contributed by atoms with Gasteiger partial charge in [0.05, 0.1) is 11.4 Å². The Balaban J connectivity index is 1.23. The van der Waals surface area contributed by atoms with E-state index in [1.165, 1.54) is 27.8 Å². The Morgan fingerprint density at radius 3 is 1.82 bits per heavy atom. The molecule has 6 aromatic carbocycles. The summed E-state index contributed by atoms with van der Waals surface area (Å²) in [6, 6.07) is 53.3. The van der Waals surface area contributed by atoms with E-state index in [0.29, 0.717) is 5.82 Å². The first-order valence-corrected chi connectivity index (χ1v) is 15.3. The van der Waals surface area contributed by atoms with E-state index in [-0.39, 0.29) is 5.41 Å². The van der Waals surface area contributed by atoms with Crippen molar-refractivity contribution in [1.82, 2.24) is 9.97 Å². The van der Waals surface area contributed by atoms with Gasteiger partial charge in [-0.3, -0.25) is 0 Å². The molecule has 2 heterocycles. The highest BCUT2D eigenvalue weighted by atomic mass is 16.3. The number of para-hydroxylation sites is 1. The van der Waals surface area contributed by atoms with Crippen molar-refractivity contribution in [3.8, 4) is 45.0 Å². The minimum Gasteiger partial charge on any atom is -0.456 e. The smallest absolute Gasteiger partial charge is 0.160 e. The van der Waals surface area contributed by atoms with Crippen LogP contribution < -0.4 is 0 Å². The van der Waals surface area contributed by atoms with Crippen molar-refractivity contribution >= 4 is 21.9 Å². The van der Waals surface area contributed by atoms with Crippen LogP contribution in [0.1, 0.15) is 23.6 Å². The zero-order valence-electron chi connectivity index (χ0n) is 24.7. The summed E-state index contributed by atoms with van der Waals surface area (Å²) < 4.78 is 6.12. The lowest BCUT2D eigenvalue weighted by molar-refractivity contribution is 0.669. The van der Waals surface area contributed by atoms with E-state index in [1.807, 2.05) is 36.4 Å². The maximum atomic E-state index is 6.12. The highest BCUT2D eigenvalue weighted by Gasteiger charge is 2.40. The Bertz CT molecular complexity index is 2360. The molecule has 9 rings (SSSR count). The highest BCUT2D eigenvalue weighted by molar-refractivity contribution is 6.06. The molecule has 0 bridgehead atoms. The molecule has 2 aromatic heterocycles. The Morgan fingerprint density at radius 1 is 0.467 bits per heavy atom. The van der Waals surface area contributed by atoms with Gasteiger partial charge in [0.25, 0.3) is 0 Å². The van der Waals surface area contributed by atoms with E-state index >= 15 is 0 Å². The first-order chi connectivity index (χ1) is 22.2. The Labute approximate surface area is 261 Å². The molecule has 0 amide bonds. The molecule has 0 spiro atoms. The largest absolute Gasteiger partial charge is 0.456 e. The predicted octanol–water partition coefficient (Wildman–Crippen LogP) is 10.7. The normalized spacial score (nSPS) is 13.2. The number of rotatable bonds is 4. The van der Waals surface area contributed by atoms with E-state index in [2.05, 4.69) is 122 Å². The first-order valence-electron chi connectivity index (χ1n) is 15.3. The Morgan fingerprint density at radius 2 is 1.07 bits per heavy atom. The van der Waals surface area contributed by atoms with Crippen molar-refractivity contribution in [3.63, 3.8) is 0 Å². The molecule has 3 nitrogen and oxygen atoms in total. The van der Waals surface area contributed by atoms with E-state index in [9.17, 15) is 0 Å². The van der Waals surface area contributed by atoms with Gasteiger partial charge in [-0.2, -0.15) is 0 Å². The molecule has 0 atom stereocenters. The minimum absolute atomic E-state index is 0.283. The summed E-state index contributed by atoms with van der Waals surface area (Å²) in [6.45, 7) is 2.35. The molecule has 0 saturated heterocycles. The molecule has 0 unspecified atom stereocenters. The third kappa shape index (κ3) is 3.98. The van der Waals surface area contributed by atoms with Gasteiger partial charge in [-0.15, -0.1) is 0 Å². The molecular weight excluding hydrogens is 548 g/mol. The SMILES string of the molecule is CC1(c2cccc(-c3cc(-c4ccc5oc6ccccc6c5c4)nc(-c4ccccc4)n3)c2)c2ccccc2-c2ccccc21. The fraction of sp³-hybridized carbons (Fsp3) is 0.0476. The molecular formula is C42H28N2O. The van der Waals surface area contributed by atoms with Crippen LogP contribution in [0.2, 0.25) is 0 Å². The van der Waals surface area contributed by atoms with E-state index in [0.717, 1.165) is 50.0 Å². The first kappa shape index (κ1) is 25.7. The van der Waals surface area contributed by atoms with Crippen LogP contribution in [-0.4, -0.2) is 9.97 Å². The quantitative estimate of drug-likeness (QED) is 0.209. The Hall–Kier alpha value is -5.80. The molecule has 0 radical (unpaired) electrons. The van der Waals surface area contributed by atoms with Gasteiger partial charge in [0.2, 0.25) is 0 Å². The number of fused-ring (bicyclic) bond motifs is 6. The number of hydrogen-bond donors (Lipinski definition) is 0. The van der Waals surface area contributed by atoms with Gasteiger partial charge in [0.15, 0.2) is 5.82 Å². The van der Waals surface area contributed by atoms with E-state index in [1.54, 1.807) is 0 Å². The molecule has 0 aliphatic heterocycles. The predicted molar refractivity (Wildman–Crippen MR) is 183 cm³/mol. The van der Waals surface area contributed by atoms with Gasteiger partial charge in [-0.05, 0) is 71.1 Å². The van der Waals surface area contributed by atoms with Gasteiger partial charge in [0, 0.05) is 32.9 Å². The lowest BCUT2D eigenvalue weighted by Crippen LogP contribution is -2.22. The summed E-state index contributed by atoms with van der Waals surface area (Å²) >= 11 is 0. The fourth-order valence-electron chi connectivity index (χ4n) is 7.10. The monoisotopic (exact) mass is 576 g/mol. The van der Waals surface area contributed by atoms with Crippen LogP contribution in [0.15, 0.2) is 156 Å². The standard InChI is InChI=1S/C42H28N2O/c1-42(35-19-8-5-16-31(35)32-17-6-9-20-36(32)42)30-15-11-14-28(24-30)37-26-38(44-41(43-37)27-12-3-2-4-13-27)29-22-23-40-34(25-29)33-18-7-10-21-39(33)45-40/h2-26H,1H3. The summed E-state index contributed by atoms with van der Waals surface area (Å²) in [5, 5.41) is 2.18. The summed E-state index contributed by atoms with van der Waals surface area (Å²) in [5.74, 6) is 0.702. The van der Waals surface area contributed by atoms with Crippen molar-refractivity contribution in [2.24, 2.45) is 0 Å². The summed E-state index contributed by atoms with van der Waals surface area (Å²) in [6.07, 6.45) is 0. The Kier molecular flexibility index (Phi) is 5.63. The third-order valence-corrected chi connectivity index (χ3v) is 9.39. The van der Waals surface area contributed by atoms with Crippen molar-refractivity contribution in [1.29, 1.82) is 0 Å². The van der Waals surface area contributed by atoms with Gasteiger partial charge >= 0.3 is 0 Å². The molecule has 0 N–H and O–H groups in total.